The summed E-state index contributed by atoms with van der Waals surface area (Å²) in [7, 11) is 0. The van der Waals surface area contributed by atoms with Crippen molar-refractivity contribution in [3.05, 3.63) is 95.7 Å². The first kappa shape index (κ1) is 25.7. The van der Waals surface area contributed by atoms with Crippen molar-refractivity contribution in [2.24, 2.45) is 0 Å². The average molecular weight is 534 g/mol. The molecule has 39 heavy (non-hydrogen) atoms. The van der Waals surface area contributed by atoms with E-state index in [2.05, 4.69) is 10.3 Å². The van der Waals surface area contributed by atoms with Crippen molar-refractivity contribution < 1.29 is 32.3 Å². The minimum atomic E-state index is -5.22. The maximum Gasteiger partial charge on any atom is 0.472 e. The fourth-order valence-corrected chi connectivity index (χ4v) is 4.43. The standard InChI is InChI=1S/C28H21F3N4O4/c1-16-14-17(20-6-2-4-8-22(20)32-16)15-39-19-12-10-18(11-13-19)35(26(37)28(29,30)31)23-9-5-3-7-21(23)24-25(36)34-27(38)33-24/h2-14,24H,15H2,1H3,(H2,33,34,36,38). The smallest absolute Gasteiger partial charge is 0.472 e. The third-order valence-corrected chi connectivity index (χ3v) is 6.13. The quantitative estimate of drug-likeness (QED) is 0.330. The second kappa shape index (κ2) is 10.1. The summed E-state index contributed by atoms with van der Waals surface area (Å²) in [6, 6.07) is 18.6. The molecule has 0 aliphatic carbocycles. The van der Waals surface area contributed by atoms with E-state index in [0.29, 0.717) is 10.6 Å². The number of fused-ring (bicyclic) bond motifs is 1. The molecular formula is C28H21F3N4O4. The van der Waals surface area contributed by atoms with E-state index in [1.165, 1.54) is 48.5 Å². The van der Waals surface area contributed by atoms with Crippen molar-refractivity contribution in [1.82, 2.24) is 15.6 Å². The van der Waals surface area contributed by atoms with Crippen molar-refractivity contribution >= 4 is 40.1 Å². The zero-order valence-electron chi connectivity index (χ0n) is 20.5. The van der Waals surface area contributed by atoms with Gasteiger partial charge in [-0.05, 0) is 49.4 Å². The summed E-state index contributed by atoms with van der Waals surface area (Å²) >= 11 is 0. The number of rotatable bonds is 6. The Morgan fingerprint density at radius 2 is 1.69 bits per heavy atom. The fourth-order valence-electron chi connectivity index (χ4n) is 4.43. The number of alkyl halides is 3. The molecule has 1 aliphatic rings. The number of benzene rings is 3. The van der Waals surface area contributed by atoms with E-state index in [0.717, 1.165) is 22.2 Å². The van der Waals surface area contributed by atoms with E-state index in [1.807, 2.05) is 42.6 Å². The molecule has 3 aromatic carbocycles. The van der Waals surface area contributed by atoms with Gasteiger partial charge in [0.15, 0.2) is 0 Å². The monoisotopic (exact) mass is 534 g/mol. The van der Waals surface area contributed by atoms with Gasteiger partial charge in [0.2, 0.25) is 0 Å². The number of urea groups is 1. The van der Waals surface area contributed by atoms with Crippen molar-refractivity contribution in [2.45, 2.75) is 25.7 Å². The molecule has 0 bridgehead atoms. The van der Waals surface area contributed by atoms with Crippen molar-refractivity contribution in [3.63, 3.8) is 0 Å². The number of ether oxygens (including phenoxy) is 1. The SMILES string of the molecule is Cc1cc(COc2ccc(N(C(=O)C(F)(F)F)c3ccccc3C3NC(=O)NC3=O)cc2)c2ccccc2n1. The summed E-state index contributed by atoms with van der Waals surface area (Å²) in [6.45, 7) is 2.06. The zero-order chi connectivity index (χ0) is 27.7. The number of carbonyl (C=O) groups excluding carboxylic acids is 3. The van der Waals surface area contributed by atoms with Crippen molar-refractivity contribution in [2.75, 3.05) is 4.90 Å². The topological polar surface area (TPSA) is 101 Å². The minimum absolute atomic E-state index is 0.0266. The number of amides is 4. The van der Waals surface area contributed by atoms with Crippen LogP contribution in [-0.4, -0.2) is 29.0 Å². The summed E-state index contributed by atoms with van der Waals surface area (Å²) in [4.78, 5) is 41.5. The number of anilines is 2. The normalized spacial score (nSPS) is 15.1. The second-order valence-electron chi connectivity index (χ2n) is 8.82. The summed E-state index contributed by atoms with van der Waals surface area (Å²) in [6.07, 6.45) is -5.22. The highest BCUT2D eigenvalue weighted by atomic mass is 19.4. The predicted molar refractivity (Wildman–Crippen MR) is 136 cm³/mol. The largest absolute Gasteiger partial charge is 0.489 e. The number of hydrogen-bond acceptors (Lipinski definition) is 5. The van der Waals surface area contributed by atoms with Crippen LogP contribution < -0.4 is 20.3 Å². The molecule has 0 spiro atoms. The summed E-state index contributed by atoms with van der Waals surface area (Å²) in [5.41, 5.74) is 2.25. The Morgan fingerprint density at radius 3 is 2.38 bits per heavy atom. The van der Waals surface area contributed by atoms with E-state index >= 15 is 0 Å². The Bertz CT molecular complexity index is 1590. The number of imide groups is 1. The van der Waals surface area contributed by atoms with Gasteiger partial charge in [0.05, 0.1) is 11.2 Å². The Hall–Kier alpha value is -4.93. The Morgan fingerprint density at radius 1 is 1.00 bits per heavy atom. The van der Waals surface area contributed by atoms with Crippen molar-refractivity contribution in [3.8, 4) is 5.75 Å². The van der Waals surface area contributed by atoms with E-state index in [1.54, 1.807) is 0 Å². The molecule has 1 fully saturated rings. The van der Waals surface area contributed by atoms with Crippen LogP contribution >= 0.6 is 0 Å². The lowest BCUT2D eigenvalue weighted by Gasteiger charge is -2.27. The first-order chi connectivity index (χ1) is 18.6. The van der Waals surface area contributed by atoms with Gasteiger partial charge >= 0.3 is 18.1 Å². The van der Waals surface area contributed by atoms with Crippen LogP contribution in [0.5, 0.6) is 5.75 Å². The van der Waals surface area contributed by atoms with E-state index < -0.39 is 30.1 Å². The lowest BCUT2D eigenvalue weighted by Crippen LogP contribution is -2.39. The highest BCUT2D eigenvalue weighted by Gasteiger charge is 2.45. The number of aryl methyl sites for hydroxylation is 1. The van der Waals surface area contributed by atoms with Crippen LogP contribution in [0.25, 0.3) is 10.9 Å². The van der Waals surface area contributed by atoms with Gasteiger partial charge in [-0.2, -0.15) is 13.2 Å². The van der Waals surface area contributed by atoms with Gasteiger partial charge in [-0.3, -0.25) is 24.8 Å². The van der Waals surface area contributed by atoms with Crippen LogP contribution in [0.2, 0.25) is 0 Å². The molecule has 8 nitrogen and oxygen atoms in total. The van der Waals surface area contributed by atoms with Gasteiger partial charge in [-0.15, -0.1) is 0 Å². The molecule has 1 unspecified atom stereocenters. The van der Waals surface area contributed by atoms with Crippen LogP contribution in [0.1, 0.15) is 22.9 Å². The van der Waals surface area contributed by atoms with Crippen LogP contribution in [-0.2, 0) is 16.2 Å². The average Bonchev–Trinajstić information content (AvgIpc) is 3.25. The van der Waals surface area contributed by atoms with E-state index in [-0.39, 0.29) is 23.5 Å². The molecule has 1 aromatic heterocycles. The number of hydrogen-bond donors (Lipinski definition) is 2. The van der Waals surface area contributed by atoms with Gasteiger partial charge in [0, 0.05) is 27.9 Å². The van der Waals surface area contributed by atoms with E-state index in [9.17, 15) is 27.6 Å². The van der Waals surface area contributed by atoms with Gasteiger partial charge in [-0.25, -0.2) is 4.79 Å². The van der Waals surface area contributed by atoms with Crippen LogP contribution in [0.4, 0.5) is 29.3 Å². The predicted octanol–water partition coefficient (Wildman–Crippen LogP) is 5.23. The maximum absolute atomic E-state index is 13.7. The Kier molecular flexibility index (Phi) is 6.65. The first-order valence-corrected chi connectivity index (χ1v) is 11.8. The Labute approximate surface area is 220 Å². The molecule has 2 heterocycles. The minimum Gasteiger partial charge on any atom is -0.489 e. The summed E-state index contributed by atoms with van der Waals surface area (Å²) in [5.74, 6) is -2.53. The van der Waals surface area contributed by atoms with Crippen LogP contribution in [0, 0.1) is 6.92 Å². The summed E-state index contributed by atoms with van der Waals surface area (Å²) in [5, 5.41) is 5.32. The molecule has 1 aliphatic heterocycles. The Balaban J connectivity index is 1.46. The molecule has 1 saturated heterocycles. The molecule has 4 aromatic rings. The van der Waals surface area contributed by atoms with Crippen LogP contribution in [0.3, 0.4) is 0 Å². The fraction of sp³-hybridized carbons (Fsp3) is 0.143. The highest BCUT2D eigenvalue weighted by molar-refractivity contribution is 6.08. The van der Waals surface area contributed by atoms with Gasteiger partial charge in [-0.1, -0.05) is 36.4 Å². The number of para-hydroxylation sites is 2. The third-order valence-electron chi connectivity index (χ3n) is 6.13. The van der Waals surface area contributed by atoms with Gasteiger partial charge in [0.1, 0.15) is 18.4 Å². The number of nitrogens with one attached hydrogen (secondary N) is 2. The number of aromatic nitrogens is 1. The molecule has 1 atom stereocenters. The molecule has 4 amide bonds. The van der Waals surface area contributed by atoms with Crippen molar-refractivity contribution in [1.29, 1.82) is 0 Å². The van der Waals surface area contributed by atoms with Crippen LogP contribution in [0.15, 0.2) is 78.9 Å². The van der Waals surface area contributed by atoms with Gasteiger partial charge in [0.25, 0.3) is 5.91 Å². The molecule has 11 heteroatoms. The molecule has 5 rings (SSSR count). The molecule has 198 valence electrons. The molecule has 0 radical (unpaired) electrons. The lowest BCUT2D eigenvalue weighted by molar-refractivity contribution is -0.169. The number of pyridine rings is 1. The number of carbonyl (C=O) groups is 3. The molecular weight excluding hydrogens is 513 g/mol. The third kappa shape index (κ3) is 5.24. The summed E-state index contributed by atoms with van der Waals surface area (Å²) < 4.78 is 47.0. The van der Waals surface area contributed by atoms with E-state index in [4.69, 9.17) is 4.74 Å². The highest BCUT2D eigenvalue weighted by Crippen LogP contribution is 2.37. The molecule has 0 saturated carbocycles. The second-order valence-corrected chi connectivity index (χ2v) is 8.82. The zero-order valence-corrected chi connectivity index (χ0v) is 20.5. The molecule has 2 N–H and O–H groups in total. The number of halogens is 3. The first-order valence-electron chi connectivity index (χ1n) is 11.8. The maximum atomic E-state index is 13.7. The number of nitrogens with zero attached hydrogens (tertiary/aromatic N) is 2. The lowest BCUT2D eigenvalue weighted by atomic mass is 10.0. The van der Waals surface area contributed by atoms with Gasteiger partial charge < -0.3 is 10.1 Å².